The number of hydrogen-bond donors (Lipinski definition) is 2. The molecule has 0 atom stereocenters. The summed E-state index contributed by atoms with van der Waals surface area (Å²) in [6, 6.07) is 9.65. The zero-order valence-electron chi connectivity index (χ0n) is 15.0. The Hall–Kier alpha value is -3.19. The number of aryl methyl sites for hydroxylation is 1. The van der Waals surface area contributed by atoms with Crippen LogP contribution in [0, 0.1) is 5.82 Å². The minimum atomic E-state index is -0.278. The van der Waals surface area contributed by atoms with Crippen molar-refractivity contribution < 1.29 is 9.18 Å². The van der Waals surface area contributed by atoms with E-state index in [4.69, 9.17) is 11.6 Å². The van der Waals surface area contributed by atoms with Crippen molar-refractivity contribution in [2.75, 3.05) is 5.32 Å². The summed E-state index contributed by atoms with van der Waals surface area (Å²) in [6.45, 7) is 2.93. The fourth-order valence-corrected chi connectivity index (χ4v) is 3.18. The molecule has 0 amide bonds. The number of carbonyl (C=O) groups excluding carboxylic acids is 1. The second-order valence-corrected chi connectivity index (χ2v) is 6.73. The first-order valence-corrected chi connectivity index (χ1v) is 9.16. The van der Waals surface area contributed by atoms with Gasteiger partial charge in [-0.25, -0.2) is 9.37 Å². The first-order chi connectivity index (χ1) is 13.5. The average molecular weight is 398 g/mol. The lowest BCUT2D eigenvalue weighted by Gasteiger charge is -2.03. The van der Waals surface area contributed by atoms with Gasteiger partial charge in [0, 0.05) is 36.9 Å². The van der Waals surface area contributed by atoms with E-state index in [-0.39, 0.29) is 11.6 Å². The van der Waals surface area contributed by atoms with Crippen LogP contribution in [0.3, 0.4) is 0 Å². The number of hydrogen-bond acceptors (Lipinski definition) is 4. The predicted octanol–water partition coefficient (Wildman–Crippen LogP) is 4.41. The summed E-state index contributed by atoms with van der Waals surface area (Å²) >= 11 is 6.03. The van der Waals surface area contributed by atoms with Gasteiger partial charge in [-0.05, 0) is 30.7 Å². The Balaban J connectivity index is 1.61. The number of benzene rings is 1. The van der Waals surface area contributed by atoms with Crippen molar-refractivity contribution in [2.45, 2.75) is 20.0 Å². The van der Waals surface area contributed by atoms with Crippen LogP contribution in [0.2, 0.25) is 5.02 Å². The molecule has 3 aromatic heterocycles. The van der Waals surface area contributed by atoms with E-state index in [2.05, 4.69) is 20.4 Å². The molecule has 0 spiro atoms. The van der Waals surface area contributed by atoms with Crippen LogP contribution in [0.5, 0.6) is 0 Å². The van der Waals surface area contributed by atoms with Gasteiger partial charge >= 0.3 is 0 Å². The molecular formula is C20H17ClFN5O. The number of nitrogens with zero attached hydrogens (tertiary/aromatic N) is 3. The van der Waals surface area contributed by atoms with Crippen molar-refractivity contribution in [3.8, 4) is 0 Å². The maximum Gasteiger partial charge on any atom is 0.213 e. The lowest BCUT2D eigenvalue weighted by Crippen LogP contribution is -2.10. The van der Waals surface area contributed by atoms with Gasteiger partial charge in [-0.3, -0.25) is 9.48 Å². The van der Waals surface area contributed by atoms with E-state index in [1.807, 2.05) is 6.92 Å². The Morgan fingerprint density at radius 3 is 2.82 bits per heavy atom. The minimum absolute atomic E-state index is 0.167. The zero-order valence-corrected chi connectivity index (χ0v) is 15.8. The molecule has 4 aromatic rings. The predicted molar refractivity (Wildman–Crippen MR) is 106 cm³/mol. The topological polar surface area (TPSA) is 75.6 Å². The molecule has 0 bridgehead atoms. The van der Waals surface area contributed by atoms with E-state index < -0.39 is 0 Å². The summed E-state index contributed by atoms with van der Waals surface area (Å²) in [6.07, 6.45) is 3.16. The van der Waals surface area contributed by atoms with Gasteiger partial charge < -0.3 is 10.3 Å². The van der Waals surface area contributed by atoms with Crippen molar-refractivity contribution >= 4 is 34.2 Å². The Morgan fingerprint density at radius 2 is 2.07 bits per heavy atom. The highest BCUT2D eigenvalue weighted by Gasteiger charge is 2.20. The number of pyridine rings is 1. The molecule has 0 saturated heterocycles. The standard InChI is InChI=1S/C20H17ClFN5O/c1-2-27-17(8-18(26-27)23-9-12-3-5-14(22)6-4-12)19(28)16-11-25-20-15(16)7-13(21)10-24-20/h3-8,10-11H,2,9H2,1H3,(H,23,26)(H,24,25). The first kappa shape index (κ1) is 18.2. The monoisotopic (exact) mass is 397 g/mol. The number of carbonyl (C=O) groups is 1. The summed E-state index contributed by atoms with van der Waals surface area (Å²) in [5, 5.41) is 8.76. The molecule has 1 aromatic carbocycles. The third-order valence-corrected chi connectivity index (χ3v) is 4.65. The molecule has 0 aliphatic heterocycles. The maximum atomic E-state index is 13.1. The molecule has 2 N–H and O–H groups in total. The number of ketones is 1. The molecule has 28 heavy (non-hydrogen) atoms. The number of rotatable bonds is 6. The van der Waals surface area contributed by atoms with Gasteiger partial charge in [0.05, 0.1) is 10.6 Å². The van der Waals surface area contributed by atoms with Gasteiger partial charge in [0.15, 0.2) is 0 Å². The van der Waals surface area contributed by atoms with Crippen molar-refractivity contribution in [2.24, 2.45) is 0 Å². The third-order valence-electron chi connectivity index (χ3n) is 4.44. The van der Waals surface area contributed by atoms with Crippen LogP contribution in [0.15, 0.2) is 48.8 Å². The molecule has 6 nitrogen and oxygen atoms in total. The average Bonchev–Trinajstić information content (AvgIpc) is 3.30. The van der Waals surface area contributed by atoms with Gasteiger partial charge in [0.1, 0.15) is 23.0 Å². The number of H-pyrrole nitrogens is 1. The number of fused-ring (bicyclic) bond motifs is 1. The molecular weight excluding hydrogens is 381 g/mol. The fourth-order valence-electron chi connectivity index (χ4n) is 3.03. The van der Waals surface area contributed by atoms with Crippen molar-refractivity contribution in [1.82, 2.24) is 19.7 Å². The van der Waals surface area contributed by atoms with Gasteiger partial charge in [0.2, 0.25) is 5.78 Å². The minimum Gasteiger partial charge on any atom is -0.365 e. The van der Waals surface area contributed by atoms with Crippen LogP contribution in [-0.2, 0) is 13.1 Å². The molecule has 8 heteroatoms. The van der Waals surface area contributed by atoms with E-state index in [1.54, 1.807) is 35.1 Å². The van der Waals surface area contributed by atoms with E-state index >= 15 is 0 Å². The van der Waals surface area contributed by atoms with Gasteiger partial charge in [-0.15, -0.1) is 0 Å². The maximum absolute atomic E-state index is 13.1. The van der Waals surface area contributed by atoms with Crippen LogP contribution in [0.4, 0.5) is 10.2 Å². The van der Waals surface area contributed by atoms with E-state index in [0.717, 1.165) is 5.56 Å². The number of anilines is 1. The van der Waals surface area contributed by atoms with E-state index in [0.29, 0.717) is 46.2 Å². The summed E-state index contributed by atoms with van der Waals surface area (Å²) in [5.41, 5.74) is 2.47. The largest absolute Gasteiger partial charge is 0.365 e. The molecule has 0 aliphatic carbocycles. The third kappa shape index (κ3) is 3.48. The highest BCUT2D eigenvalue weighted by Crippen LogP contribution is 2.24. The molecule has 0 unspecified atom stereocenters. The SMILES string of the molecule is CCn1nc(NCc2ccc(F)cc2)cc1C(=O)c1c[nH]c2ncc(Cl)cc12. The van der Waals surface area contributed by atoms with Crippen molar-refractivity contribution in [3.05, 3.63) is 76.5 Å². The highest BCUT2D eigenvalue weighted by molar-refractivity contribution is 6.31. The molecule has 142 valence electrons. The summed E-state index contributed by atoms with van der Waals surface area (Å²) < 4.78 is 14.7. The second-order valence-electron chi connectivity index (χ2n) is 6.29. The van der Waals surface area contributed by atoms with Crippen LogP contribution in [0.1, 0.15) is 28.5 Å². The summed E-state index contributed by atoms with van der Waals surface area (Å²) in [5.74, 6) is 0.130. The van der Waals surface area contributed by atoms with Gasteiger partial charge in [0.25, 0.3) is 0 Å². The lowest BCUT2D eigenvalue weighted by molar-refractivity contribution is 0.103. The Kier molecular flexibility index (Phi) is 4.83. The van der Waals surface area contributed by atoms with Gasteiger partial charge in [-0.1, -0.05) is 23.7 Å². The normalized spacial score (nSPS) is 11.1. The molecule has 0 radical (unpaired) electrons. The quantitative estimate of drug-likeness (QED) is 0.472. The summed E-state index contributed by atoms with van der Waals surface area (Å²) in [4.78, 5) is 20.3. The molecule has 3 heterocycles. The van der Waals surface area contributed by atoms with Crippen LogP contribution in [-0.4, -0.2) is 25.5 Å². The Labute approximate surface area is 165 Å². The van der Waals surface area contributed by atoms with E-state index in [1.165, 1.54) is 18.3 Å². The first-order valence-electron chi connectivity index (χ1n) is 8.78. The number of halogens is 2. The van der Waals surface area contributed by atoms with Gasteiger partial charge in [-0.2, -0.15) is 5.10 Å². The van der Waals surface area contributed by atoms with E-state index in [9.17, 15) is 9.18 Å². The number of aromatic amines is 1. The van der Waals surface area contributed by atoms with Crippen molar-refractivity contribution in [1.29, 1.82) is 0 Å². The van der Waals surface area contributed by atoms with Crippen LogP contribution in [0.25, 0.3) is 11.0 Å². The Bertz CT molecular complexity index is 1150. The second kappa shape index (κ2) is 7.44. The van der Waals surface area contributed by atoms with Crippen LogP contribution < -0.4 is 5.32 Å². The molecule has 0 saturated carbocycles. The lowest BCUT2D eigenvalue weighted by atomic mass is 10.1. The molecule has 4 rings (SSSR count). The molecule has 0 aliphatic rings. The smallest absolute Gasteiger partial charge is 0.213 e. The fraction of sp³-hybridized carbons (Fsp3) is 0.150. The summed E-state index contributed by atoms with van der Waals surface area (Å²) in [7, 11) is 0. The molecule has 0 fully saturated rings. The number of nitrogens with one attached hydrogen (secondary N) is 2. The van der Waals surface area contributed by atoms with Crippen LogP contribution >= 0.6 is 11.6 Å². The highest BCUT2D eigenvalue weighted by atomic mass is 35.5. The Morgan fingerprint density at radius 1 is 1.29 bits per heavy atom. The van der Waals surface area contributed by atoms with Crippen molar-refractivity contribution in [3.63, 3.8) is 0 Å². The zero-order chi connectivity index (χ0) is 19.7. The number of aromatic nitrogens is 4.